The molecule has 5 nitrogen and oxygen atoms in total. The van der Waals surface area contributed by atoms with Crippen LogP contribution >= 0.6 is 0 Å². The first-order valence-corrected chi connectivity index (χ1v) is 6.94. The summed E-state index contributed by atoms with van der Waals surface area (Å²) in [5.41, 5.74) is 5.35. The quantitative estimate of drug-likeness (QED) is 0.296. The molecule has 0 spiro atoms. The zero-order valence-electron chi connectivity index (χ0n) is 11.9. The molecule has 0 saturated heterocycles. The Morgan fingerprint density at radius 3 is 1.35 bits per heavy atom. The molecule has 0 fully saturated rings. The second-order valence-electron chi connectivity index (χ2n) is 3.39. The van der Waals surface area contributed by atoms with Crippen LogP contribution in [0.2, 0.25) is 0 Å². The van der Waals surface area contributed by atoms with Crippen LogP contribution in [0.3, 0.4) is 0 Å². The summed E-state index contributed by atoms with van der Waals surface area (Å²) in [5, 5.41) is 13.2. The Labute approximate surface area is 107 Å². The molecule has 0 aliphatic heterocycles. The SMILES string of the molecule is CC.CCNCCNCCNCCNCCN. The first kappa shape index (κ1) is 19.1. The molecular formula is C12H33N5. The Balaban J connectivity index is 0. The van der Waals surface area contributed by atoms with Crippen molar-refractivity contribution in [1.29, 1.82) is 0 Å². The van der Waals surface area contributed by atoms with Gasteiger partial charge in [-0.15, -0.1) is 0 Å². The van der Waals surface area contributed by atoms with Gasteiger partial charge in [-0.2, -0.15) is 0 Å². The number of nitrogens with one attached hydrogen (secondary N) is 4. The minimum absolute atomic E-state index is 0.714. The van der Waals surface area contributed by atoms with Gasteiger partial charge in [0, 0.05) is 52.4 Å². The standard InChI is InChI=1S/C10H27N5.C2H6/c1-2-12-5-6-14-9-10-15-8-7-13-4-3-11;1-2/h12-15H,2-11H2,1H3;1-2H3. The lowest BCUT2D eigenvalue weighted by Crippen LogP contribution is -2.35. The highest BCUT2D eigenvalue weighted by Crippen LogP contribution is 1.62. The summed E-state index contributed by atoms with van der Waals surface area (Å²) < 4.78 is 0. The molecule has 0 saturated carbocycles. The van der Waals surface area contributed by atoms with Crippen LogP contribution < -0.4 is 27.0 Å². The van der Waals surface area contributed by atoms with Gasteiger partial charge in [0.25, 0.3) is 0 Å². The molecule has 0 aliphatic carbocycles. The van der Waals surface area contributed by atoms with Gasteiger partial charge in [-0.3, -0.25) is 0 Å². The van der Waals surface area contributed by atoms with Crippen molar-refractivity contribution in [2.75, 3.05) is 58.9 Å². The molecule has 0 aromatic rings. The third kappa shape index (κ3) is 21.6. The summed E-state index contributed by atoms with van der Waals surface area (Å²) in [7, 11) is 0. The maximum absolute atomic E-state index is 5.35. The Morgan fingerprint density at radius 2 is 1.00 bits per heavy atom. The van der Waals surface area contributed by atoms with Gasteiger partial charge in [0.15, 0.2) is 0 Å². The summed E-state index contributed by atoms with van der Waals surface area (Å²) in [6.45, 7) is 14.9. The van der Waals surface area contributed by atoms with Crippen molar-refractivity contribution in [1.82, 2.24) is 21.3 Å². The summed E-state index contributed by atoms with van der Waals surface area (Å²) in [6, 6.07) is 0. The monoisotopic (exact) mass is 247 g/mol. The van der Waals surface area contributed by atoms with E-state index in [1.54, 1.807) is 0 Å². The van der Waals surface area contributed by atoms with E-state index in [0.717, 1.165) is 52.4 Å². The third-order valence-corrected chi connectivity index (χ3v) is 2.01. The van der Waals surface area contributed by atoms with Crippen LogP contribution in [0.25, 0.3) is 0 Å². The molecule has 0 aromatic carbocycles. The molecule has 0 aliphatic rings. The van der Waals surface area contributed by atoms with Gasteiger partial charge in [0.05, 0.1) is 0 Å². The molecule has 0 atom stereocenters. The Kier molecular flexibility index (Phi) is 23.8. The predicted molar refractivity (Wildman–Crippen MR) is 77.6 cm³/mol. The van der Waals surface area contributed by atoms with Crippen LogP contribution in [0.4, 0.5) is 0 Å². The molecule has 17 heavy (non-hydrogen) atoms. The lowest BCUT2D eigenvalue weighted by molar-refractivity contribution is 0.571. The van der Waals surface area contributed by atoms with E-state index in [-0.39, 0.29) is 0 Å². The normalized spacial score (nSPS) is 9.88. The van der Waals surface area contributed by atoms with Crippen LogP contribution in [-0.4, -0.2) is 58.9 Å². The van der Waals surface area contributed by atoms with Crippen molar-refractivity contribution in [3.05, 3.63) is 0 Å². The Bertz CT molecular complexity index is 99.1. The molecule has 0 bridgehead atoms. The second-order valence-corrected chi connectivity index (χ2v) is 3.39. The topological polar surface area (TPSA) is 74.1 Å². The van der Waals surface area contributed by atoms with Crippen molar-refractivity contribution in [2.45, 2.75) is 20.8 Å². The van der Waals surface area contributed by atoms with E-state index in [2.05, 4.69) is 28.2 Å². The van der Waals surface area contributed by atoms with Crippen LogP contribution in [0.1, 0.15) is 20.8 Å². The van der Waals surface area contributed by atoms with E-state index in [4.69, 9.17) is 5.73 Å². The molecular weight excluding hydrogens is 214 g/mol. The summed E-state index contributed by atoms with van der Waals surface area (Å²) in [5.74, 6) is 0. The van der Waals surface area contributed by atoms with Gasteiger partial charge in [0.1, 0.15) is 0 Å². The largest absolute Gasteiger partial charge is 0.329 e. The molecule has 0 radical (unpaired) electrons. The summed E-state index contributed by atoms with van der Waals surface area (Å²) in [6.07, 6.45) is 0. The van der Waals surface area contributed by atoms with Gasteiger partial charge in [-0.1, -0.05) is 20.8 Å². The second kappa shape index (κ2) is 21.1. The van der Waals surface area contributed by atoms with E-state index in [1.165, 1.54) is 0 Å². The van der Waals surface area contributed by atoms with Crippen LogP contribution in [-0.2, 0) is 0 Å². The van der Waals surface area contributed by atoms with E-state index in [0.29, 0.717) is 6.54 Å². The lowest BCUT2D eigenvalue weighted by atomic mass is 10.5. The molecule has 0 heterocycles. The molecule has 5 heteroatoms. The minimum atomic E-state index is 0.714. The van der Waals surface area contributed by atoms with Gasteiger partial charge < -0.3 is 27.0 Å². The maximum atomic E-state index is 5.35. The first-order valence-electron chi connectivity index (χ1n) is 6.94. The van der Waals surface area contributed by atoms with Crippen molar-refractivity contribution < 1.29 is 0 Å². The van der Waals surface area contributed by atoms with Gasteiger partial charge in [0.2, 0.25) is 0 Å². The van der Waals surface area contributed by atoms with E-state index < -0.39 is 0 Å². The van der Waals surface area contributed by atoms with Crippen molar-refractivity contribution in [3.8, 4) is 0 Å². The van der Waals surface area contributed by atoms with Crippen molar-refractivity contribution >= 4 is 0 Å². The first-order chi connectivity index (χ1) is 8.41. The number of likely N-dealkylation sites (N-methyl/N-ethyl adjacent to an activating group) is 1. The maximum Gasteiger partial charge on any atom is 0.00772 e. The van der Waals surface area contributed by atoms with Crippen LogP contribution in [0, 0.1) is 0 Å². The fraction of sp³-hybridized carbons (Fsp3) is 1.00. The molecule has 0 amide bonds. The summed E-state index contributed by atoms with van der Waals surface area (Å²) >= 11 is 0. The highest BCUT2D eigenvalue weighted by Gasteiger charge is 1.88. The van der Waals surface area contributed by atoms with Crippen LogP contribution in [0.15, 0.2) is 0 Å². The van der Waals surface area contributed by atoms with Gasteiger partial charge >= 0.3 is 0 Å². The Morgan fingerprint density at radius 1 is 0.647 bits per heavy atom. The van der Waals surface area contributed by atoms with Gasteiger partial charge in [-0.05, 0) is 6.54 Å². The summed E-state index contributed by atoms with van der Waals surface area (Å²) in [4.78, 5) is 0. The fourth-order valence-corrected chi connectivity index (χ4v) is 1.18. The number of nitrogens with two attached hydrogens (primary N) is 1. The molecule has 106 valence electrons. The molecule has 0 aromatic heterocycles. The van der Waals surface area contributed by atoms with Gasteiger partial charge in [-0.25, -0.2) is 0 Å². The zero-order valence-corrected chi connectivity index (χ0v) is 11.9. The van der Waals surface area contributed by atoms with Crippen LogP contribution in [0.5, 0.6) is 0 Å². The Hall–Kier alpha value is -0.200. The highest BCUT2D eigenvalue weighted by molar-refractivity contribution is 4.55. The number of hydrogen-bond acceptors (Lipinski definition) is 5. The third-order valence-electron chi connectivity index (χ3n) is 2.01. The average Bonchev–Trinajstić information content (AvgIpc) is 2.38. The molecule has 0 unspecified atom stereocenters. The number of hydrogen-bond donors (Lipinski definition) is 5. The lowest BCUT2D eigenvalue weighted by Gasteiger charge is -2.07. The van der Waals surface area contributed by atoms with Crippen molar-refractivity contribution in [2.24, 2.45) is 5.73 Å². The minimum Gasteiger partial charge on any atom is -0.329 e. The zero-order chi connectivity index (χ0) is 13.2. The van der Waals surface area contributed by atoms with E-state index in [9.17, 15) is 0 Å². The fourth-order valence-electron chi connectivity index (χ4n) is 1.18. The number of rotatable bonds is 12. The van der Waals surface area contributed by atoms with E-state index in [1.807, 2.05) is 13.8 Å². The predicted octanol–water partition coefficient (Wildman–Crippen LogP) is -0.650. The molecule has 0 rings (SSSR count). The highest BCUT2D eigenvalue weighted by atomic mass is 15.0. The smallest absolute Gasteiger partial charge is 0.00772 e. The van der Waals surface area contributed by atoms with Crippen molar-refractivity contribution in [3.63, 3.8) is 0 Å². The average molecular weight is 247 g/mol. The van der Waals surface area contributed by atoms with E-state index >= 15 is 0 Å². The molecule has 6 N–H and O–H groups in total.